The highest BCUT2D eigenvalue weighted by Gasteiger charge is 2.15. The van der Waals surface area contributed by atoms with E-state index in [4.69, 9.17) is 4.74 Å². The van der Waals surface area contributed by atoms with Gasteiger partial charge in [-0.05, 0) is 18.6 Å². The molecule has 0 aromatic heterocycles. The van der Waals surface area contributed by atoms with Crippen molar-refractivity contribution in [1.29, 1.82) is 0 Å². The normalized spacial score (nSPS) is 11.9. The van der Waals surface area contributed by atoms with Crippen LogP contribution in [-0.4, -0.2) is 18.6 Å². The first-order valence-corrected chi connectivity index (χ1v) is 6.67. The molecule has 2 aromatic rings. The van der Waals surface area contributed by atoms with E-state index in [9.17, 15) is 10.1 Å². The fourth-order valence-corrected chi connectivity index (χ4v) is 2.17. The molecule has 0 aliphatic carbocycles. The van der Waals surface area contributed by atoms with Gasteiger partial charge in [-0.15, -0.1) is 0 Å². The molecule has 0 spiro atoms. The number of methoxy groups -OCH3 is 1. The Labute approximate surface area is 123 Å². The van der Waals surface area contributed by atoms with Crippen LogP contribution >= 0.6 is 0 Å². The average molecular weight is 286 g/mol. The molecule has 1 unspecified atom stereocenters. The zero-order valence-corrected chi connectivity index (χ0v) is 12.1. The lowest BCUT2D eigenvalue weighted by Crippen LogP contribution is -2.16. The van der Waals surface area contributed by atoms with E-state index in [1.165, 1.54) is 0 Å². The van der Waals surface area contributed by atoms with Crippen LogP contribution in [0.3, 0.4) is 0 Å². The Kier molecular flexibility index (Phi) is 4.90. The molecule has 1 atom stereocenters. The van der Waals surface area contributed by atoms with Crippen molar-refractivity contribution in [3.63, 3.8) is 0 Å². The van der Waals surface area contributed by atoms with Crippen LogP contribution in [0.1, 0.15) is 17.2 Å². The lowest BCUT2D eigenvalue weighted by Gasteiger charge is -2.19. The molecule has 0 radical (unpaired) electrons. The Bertz CT molecular complexity index is 614. The van der Waals surface area contributed by atoms with Crippen LogP contribution in [0.2, 0.25) is 0 Å². The third-order valence-corrected chi connectivity index (χ3v) is 3.28. The number of nitrogens with zero attached hydrogens (tertiary/aromatic N) is 1. The van der Waals surface area contributed by atoms with Crippen LogP contribution in [0.4, 0.5) is 11.4 Å². The van der Waals surface area contributed by atoms with Crippen molar-refractivity contribution >= 4 is 11.4 Å². The van der Waals surface area contributed by atoms with Crippen molar-refractivity contribution in [2.75, 3.05) is 19.0 Å². The zero-order valence-electron chi connectivity index (χ0n) is 12.1. The topological polar surface area (TPSA) is 64.4 Å². The molecule has 5 nitrogen and oxygen atoms in total. The summed E-state index contributed by atoms with van der Waals surface area (Å²) in [5, 5.41) is 14.3. The zero-order chi connectivity index (χ0) is 15.2. The fourth-order valence-electron chi connectivity index (χ4n) is 2.17. The second-order valence-corrected chi connectivity index (χ2v) is 4.82. The molecular weight excluding hydrogens is 268 g/mol. The van der Waals surface area contributed by atoms with Gasteiger partial charge in [0.15, 0.2) is 0 Å². The highest BCUT2D eigenvalue weighted by molar-refractivity contribution is 5.55. The van der Waals surface area contributed by atoms with Gasteiger partial charge in [0.2, 0.25) is 0 Å². The smallest absolute Gasteiger partial charge is 0.274 e. The molecule has 110 valence electrons. The third kappa shape index (κ3) is 3.79. The molecule has 1 N–H and O–H groups in total. The van der Waals surface area contributed by atoms with Crippen molar-refractivity contribution in [2.45, 2.75) is 13.0 Å². The van der Waals surface area contributed by atoms with Gasteiger partial charge in [0.05, 0.1) is 17.6 Å². The number of hydrogen-bond acceptors (Lipinski definition) is 4. The predicted octanol–water partition coefficient (Wildman–Crippen LogP) is 3.70. The van der Waals surface area contributed by atoms with Crippen LogP contribution in [-0.2, 0) is 4.74 Å². The number of anilines is 1. The van der Waals surface area contributed by atoms with Crippen LogP contribution < -0.4 is 5.32 Å². The van der Waals surface area contributed by atoms with Crippen molar-refractivity contribution in [3.05, 3.63) is 69.8 Å². The van der Waals surface area contributed by atoms with Crippen LogP contribution in [0.25, 0.3) is 0 Å². The van der Waals surface area contributed by atoms with Crippen LogP contribution in [0, 0.1) is 17.0 Å². The van der Waals surface area contributed by atoms with Gasteiger partial charge in [-0.2, -0.15) is 0 Å². The van der Waals surface area contributed by atoms with Crippen molar-refractivity contribution < 1.29 is 9.66 Å². The Morgan fingerprint density at radius 1 is 1.24 bits per heavy atom. The van der Waals surface area contributed by atoms with E-state index in [0.29, 0.717) is 17.9 Å². The summed E-state index contributed by atoms with van der Waals surface area (Å²) in [5.74, 6) is 0. The number of ether oxygens (including phenoxy) is 1. The molecule has 2 aromatic carbocycles. The quantitative estimate of drug-likeness (QED) is 0.649. The fraction of sp³-hybridized carbons (Fsp3) is 0.250. The Balaban J connectivity index is 2.25. The summed E-state index contributed by atoms with van der Waals surface area (Å²) in [6.07, 6.45) is 0. The molecule has 0 saturated carbocycles. The predicted molar refractivity (Wildman–Crippen MR) is 82.5 cm³/mol. The molecular formula is C16H18N2O3. The van der Waals surface area contributed by atoms with Gasteiger partial charge in [-0.1, -0.05) is 36.4 Å². The summed E-state index contributed by atoms with van der Waals surface area (Å²) in [7, 11) is 1.63. The molecule has 0 fully saturated rings. The average Bonchev–Trinajstić information content (AvgIpc) is 2.49. The number of aryl methyl sites for hydroxylation is 1. The van der Waals surface area contributed by atoms with E-state index in [1.54, 1.807) is 26.2 Å². The maximum atomic E-state index is 11.0. The minimum absolute atomic E-state index is 0.0569. The Hall–Kier alpha value is -2.40. The minimum Gasteiger partial charge on any atom is -0.382 e. The number of benzene rings is 2. The lowest BCUT2D eigenvalue weighted by atomic mass is 10.1. The first-order chi connectivity index (χ1) is 10.1. The van der Waals surface area contributed by atoms with Crippen molar-refractivity contribution in [1.82, 2.24) is 0 Å². The molecule has 0 saturated heterocycles. The Morgan fingerprint density at radius 2 is 1.95 bits per heavy atom. The van der Waals surface area contributed by atoms with Crippen LogP contribution in [0.5, 0.6) is 0 Å². The summed E-state index contributed by atoms with van der Waals surface area (Å²) in [6, 6.07) is 14.9. The third-order valence-electron chi connectivity index (χ3n) is 3.28. The summed E-state index contributed by atoms with van der Waals surface area (Å²) in [5.41, 5.74) is 2.54. The van der Waals surface area contributed by atoms with Gasteiger partial charge in [0.1, 0.15) is 0 Å². The van der Waals surface area contributed by atoms with Gasteiger partial charge in [-0.3, -0.25) is 10.1 Å². The maximum Gasteiger partial charge on any atom is 0.274 e. The largest absolute Gasteiger partial charge is 0.382 e. The molecule has 0 bridgehead atoms. The summed E-state index contributed by atoms with van der Waals surface area (Å²) < 4.78 is 5.24. The summed E-state index contributed by atoms with van der Waals surface area (Å²) >= 11 is 0. The van der Waals surface area contributed by atoms with Gasteiger partial charge in [0.25, 0.3) is 5.69 Å². The first kappa shape index (κ1) is 15.0. The van der Waals surface area contributed by atoms with Gasteiger partial charge >= 0.3 is 0 Å². The van der Waals surface area contributed by atoms with E-state index in [0.717, 1.165) is 5.56 Å². The van der Waals surface area contributed by atoms with Crippen molar-refractivity contribution in [2.24, 2.45) is 0 Å². The van der Waals surface area contributed by atoms with E-state index >= 15 is 0 Å². The number of nitro groups is 1. The summed E-state index contributed by atoms with van der Waals surface area (Å²) in [4.78, 5) is 10.6. The molecule has 5 heteroatoms. The number of hydrogen-bond donors (Lipinski definition) is 1. The number of rotatable bonds is 6. The molecule has 0 aliphatic rings. The maximum absolute atomic E-state index is 11.0. The Morgan fingerprint density at radius 3 is 2.57 bits per heavy atom. The van der Waals surface area contributed by atoms with Gasteiger partial charge < -0.3 is 10.1 Å². The van der Waals surface area contributed by atoms with Crippen LogP contribution in [0.15, 0.2) is 48.5 Å². The van der Waals surface area contributed by atoms with E-state index in [1.807, 2.05) is 36.4 Å². The standard InChI is InChI=1S/C16H18N2O3/c1-12-8-9-14(10-16(12)18(19)20)17-15(11-21-2)13-6-4-3-5-7-13/h3-10,15,17H,11H2,1-2H3. The second kappa shape index (κ2) is 6.85. The number of nitrogens with one attached hydrogen (secondary N) is 1. The highest BCUT2D eigenvalue weighted by Crippen LogP contribution is 2.26. The van der Waals surface area contributed by atoms with E-state index < -0.39 is 0 Å². The first-order valence-electron chi connectivity index (χ1n) is 6.67. The molecule has 0 amide bonds. The molecule has 2 rings (SSSR count). The highest BCUT2D eigenvalue weighted by atomic mass is 16.6. The second-order valence-electron chi connectivity index (χ2n) is 4.82. The summed E-state index contributed by atoms with van der Waals surface area (Å²) in [6.45, 7) is 2.21. The number of nitro benzene ring substituents is 1. The van der Waals surface area contributed by atoms with Crippen molar-refractivity contribution in [3.8, 4) is 0 Å². The SMILES string of the molecule is COCC(Nc1ccc(C)c([N+](=O)[O-])c1)c1ccccc1. The molecule has 0 heterocycles. The van der Waals surface area contributed by atoms with Gasteiger partial charge in [0, 0.05) is 24.4 Å². The van der Waals surface area contributed by atoms with E-state index in [-0.39, 0.29) is 16.7 Å². The lowest BCUT2D eigenvalue weighted by molar-refractivity contribution is -0.385. The van der Waals surface area contributed by atoms with E-state index in [2.05, 4.69) is 5.32 Å². The minimum atomic E-state index is -0.367. The molecule has 21 heavy (non-hydrogen) atoms. The monoisotopic (exact) mass is 286 g/mol. The van der Waals surface area contributed by atoms with Gasteiger partial charge in [-0.25, -0.2) is 0 Å². The molecule has 0 aliphatic heterocycles.